The number of amides is 1. The van der Waals surface area contributed by atoms with Crippen LogP contribution in [-0.2, 0) is 11.2 Å². The molecule has 1 atom stereocenters. The molecular weight excluding hydrogens is 264 g/mol. The first-order valence-electron chi connectivity index (χ1n) is 7.69. The number of aryl methyl sites for hydroxylation is 1. The molecule has 1 N–H and O–H groups in total. The molecule has 2 rings (SSSR count). The van der Waals surface area contributed by atoms with Gasteiger partial charge < -0.3 is 15.0 Å². The summed E-state index contributed by atoms with van der Waals surface area (Å²) >= 11 is 0. The number of nitrogens with one attached hydrogen (secondary N) is 1. The lowest BCUT2D eigenvalue weighted by atomic mass is 10.0. The van der Waals surface area contributed by atoms with Crippen LogP contribution in [0.4, 0.5) is 4.79 Å². The molecule has 1 aliphatic rings. The summed E-state index contributed by atoms with van der Waals surface area (Å²) in [7, 11) is 0. The Balaban J connectivity index is 2.01. The standard InChI is InChI=1S/C17H26N2O2/c1-5-13-6-8-14(9-7-13)15-12-19(11-10-18-15)16(20)21-17(2,3)4/h6-9,15,18H,5,10-12H2,1-4H3/t15-/m1/s1. The Morgan fingerprint density at radius 3 is 2.57 bits per heavy atom. The topological polar surface area (TPSA) is 41.6 Å². The molecule has 1 aliphatic heterocycles. The molecule has 1 amide bonds. The maximum Gasteiger partial charge on any atom is 0.410 e. The van der Waals surface area contributed by atoms with Crippen molar-refractivity contribution in [3.05, 3.63) is 35.4 Å². The third kappa shape index (κ3) is 4.46. The molecule has 1 aromatic rings. The van der Waals surface area contributed by atoms with Crippen molar-refractivity contribution in [1.29, 1.82) is 0 Å². The van der Waals surface area contributed by atoms with E-state index in [2.05, 4.69) is 36.5 Å². The molecule has 1 aromatic carbocycles. The highest BCUT2D eigenvalue weighted by Crippen LogP contribution is 2.20. The maximum absolute atomic E-state index is 12.2. The lowest BCUT2D eigenvalue weighted by Gasteiger charge is -2.35. The van der Waals surface area contributed by atoms with Crippen LogP contribution in [-0.4, -0.2) is 36.2 Å². The summed E-state index contributed by atoms with van der Waals surface area (Å²) in [6, 6.07) is 8.79. The highest BCUT2D eigenvalue weighted by atomic mass is 16.6. The second-order valence-electron chi connectivity index (χ2n) is 6.53. The molecule has 1 fully saturated rings. The Hall–Kier alpha value is -1.55. The minimum Gasteiger partial charge on any atom is -0.444 e. The molecular formula is C17H26N2O2. The minimum atomic E-state index is -0.444. The van der Waals surface area contributed by atoms with Gasteiger partial charge in [0.05, 0.1) is 6.04 Å². The Bertz CT molecular complexity index is 477. The van der Waals surface area contributed by atoms with Crippen LogP contribution >= 0.6 is 0 Å². The lowest BCUT2D eigenvalue weighted by Crippen LogP contribution is -2.49. The van der Waals surface area contributed by atoms with Gasteiger partial charge in [-0.05, 0) is 38.3 Å². The number of ether oxygens (including phenoxy) is 1. The first-order valence-corrected chi connectivity index (χ1v) is 7.69. The monoisotopic (exact) mass is 290 g/mol. The van der Waals surface area contributed by atoms with E-state index in [1.54, 1.807) is 4.90 Å². The fraction of sp³-hybridized carbons (Fsp3) is 0.588. The van der Waals surface area contributed by atoms with Gasteiger partial charge in [0.1, 0.15) is 5.60 Å². The van der Waals surface area contributed by atoms with Crippen LogP contribution in [0.5, 0.6) is 0 Å². The molecule has 0 radical (unpaired) electrons. The minimum absolute atomic E-state index is 0.178. The highest BCUT2D eigenvalue weighted by Gasteiger charge is 2.27. The van der Waals surface area contributed by atoms with E-state index in [1.807, 2.05) is 20.8 Å². The van der Waals surface area contributed by atoms with Gasteiger partial charge in [0.2, 0.25) is 0 Å². The van der Waals surface area contributed by atoms with Crippen LogP contribution in [0.1, 0.15) is 44.9 Å². The van der Waals surface area contributed by atoms with Crippen LogP contribution in [0.15, 0.2) is 24.3 Å². The zero-order valence-electron chi connectivity index (χ0n) is 13.5. The van der Waals surface area contributed by atoms with Crippen molar-refractivity contribution >= 4 is 6.09 Å². The number of rotatable bonds is 2. The third-order valence-corrected chi connectivity index (χ3v) is 3.62. The maximum atomic E-state index is 12.2. The number of hydrogen-bond donors (Lipinski definition) is 1. The first kappa shape index (κ1) is 15.8. The molecule has 21 heavy (non-hydrogen) atoms. The largest absolute Gasteiger partial charge is 0.444 e. The summed E-state index contributed by atoms with van der Waals surface area (Å²) in [5, 5.41) is 3.47. The molecule has 4 heteroatoms. The zero-order valence-corrected chi connectivity index (χ0v) is 13.5. The average molecular weight is 290 g/mol. The van der Waals surface area contributed by atoms with E-state index in [-0.39, 0.29) is 12.1 Å². The van der Waals surface area contributed by atoms with Crippen LogP contribution < -0.4 is 5.32 Å². The number of carbonyl (C=O) groups is 1. The molecule has 0 bridgehead atoms. The molecule has 4 nitrogen and oxygen atoms in total. The van der Waals surface area contributed by atoms with Gasteiger partial charge in [-0.25, -0.2) is 4.79 Å². The predicted octanol–water partition coefficient (Wildman–Crippen LogP) is 3.13. The summed E-state index contributed by atoms with van der Waals surface area (Å²) in [5.74, 6) is 0. The summed E-state index contributed by atoms with van der Waals surface area (Å²) in [6.45, 7) is 9.98. The fourth-order valence-corrected chi connectivity index (χ4v) is 2.45. The van der Waals surface area contributed by atoms with Crippen LogP contribution in [0.2, 0.25) is 0 Å². The number of hydrogen-bond acceptors (Lipinski definition) is 3. The molecule has 1 saturated heterocycles. The van der Waals surface area contributed by atoms with Crippen molar-refractivity contribution in [1.82, 2.24) is 10.2 Å². The second kappa shape index (κ2) is 6.48. The number of carbonyl (C=O) groups excluding carboxylic acids is 1. The smallest absolute Gasteiger partial charge is 0.410 e. The van der Waals surface area contributed by atoms with Crippen LogP contribution in [0.3, 0.4) is 0 Å². The van der Waals surface area contributed by atoms with Crippen molar-refractivity contribution < 1.29 is 9.53 Å². The molecule has 0 saturated carbocycles. The van der Waals surface area contributed by atoms with E-state index in [9.17, 15) is 4.79 Å². The van der Waals surface area contributed by atoms with E-state index in [0.717, 1.165) is 13.0 Å². The Labute approximate surface area is 127 Å². The molecule has 0 spiro atoms. The Morgan fingerprint density at radius 2 is 2.00 bits per heavy atom. The zero-order chi connectivity index (χ0) is 15.5. The summed E-state index contributed by atoms with van der Waals surface area (Å²) in [5.41, 5.74) is 2.11. The quantitative estimate of drug-likeness (QED) is 0.910. The average Bonchev–Trinajstić information content (AvgIpc) is 2.46. The molecule has 1 heterocycles. The summed E-state index contributed by atoms with van der Waals surface area (Å²) in [4.78, 5) is 14.0. The number of piperazine rings is 1. The van der Waals surface area contributed by atoms with E-state index in [1.165, 1.54) is 11.1 Å². The van der Waals surface area contributed by atoms with E-state index in [4.69, 9.17) is 4.74 Å². The summed E-state index contributed by atoms with van der Waals surface area (Å²) in [6.07, 6.45) is 0.821. The predicted molar refractivity (Wildman–Crippen MR) is 84.4 cm³/mol. The molecule has 0 unspecified atom stereocenters. The van der Waals surface area contributed by atoms with E-state index < -0.39 is 5.60 Å². The van der Waals surface area contributed by atoms with Gasteiger partial charge in [-0.2, -0.15) is 0 Å². The summed E-state index contributed by atoms with van der Waals surface area (Å²) < 4.78 is 5.46. The van der Waals surface area contributed by atoms with Gasteiger partial charge in [-0.15, -0.1) is 0 Å². The van der Waals surface area contributed by atoms with Crippen LogP contribution in [0.25, 0.3) is 0 Å². The molecule has 116 valence electrons. The molecule has 0 aliphatic carbocycles. The fourth-order valence-electron chi connectivity index (χ4n) is 2.45. The number of benzene rings is 1. The van der Waals surface area contributed by atoms with Crippen molar-refractivity contribution in [3.8, 4) is 0 Å². The Kier molecular flexibility index (Phi) is 4.88. The van der Waals surface area contributed by atoms with E-state index in [0.29, 0.717) is 13.1 Å². The normalized spacial score (nSPS) is 19.4. The highest BCUT2D eigenvalue weighted by molar-refractivity contribution is 5.68. The van der Waals surface area contributed by atoms with Crippen molar-refractivity contribution in [2.75, 3.05) is 19.6 Å². The molecule has 0 aromatic heterocycles. The first-order chi connectivity index (χ1) is 9.89. The lowest BCUT2D eigenvalue weighted by molar-refractivity contribution is 0.0195. The number of nitrogens with zero attached hydrogens (tertiary/aromatic N) is 1. The van der Waals surface area contributed by atoms with E-state index >= 15 is 0 Å². The van der Waals surface area contributed by atoms with Gasteiger partial charge in [0, 0.05) is 19.6 Å². The van der Waals surface area contributed by atoms with Crippen molar-refractivity contribution in [3.63, 3.8) is 0 Å². The Morgan fingerprint density at radius 1 is 1.33 bits per heavy atom. The van der Waals surface area contributed by atoms with Gasteiger partial charge in [-0.3, -0.25) is 0 Å². The SMILES string of the molecule is CCc1ccc([C@H]2CN(C(=O)OC(C)(C)C)CCN2)cc1. The van der Waals surface area contributed by atoms with Gasteiger partial charge in [0.15, 0.2) is 0 Å². The van der Waals surface area contributed by atoms with Crippen LogP contribution in [0, 0.1) is 0 Å². The second-order valence-corrected chi connectivity index (χ2v) is 6.53. The van der Waals surface area contributed by atoms with Gasteiger partial charge in [0.25, 0.3) is 0 Å². The third-order valence-electron chi connectivity index (χ3n) is 3.62. The van der Waals surface area contributed by atoms with Crippen molar-refractivity contribution in [2.45, 2.75) is 45.8 Å². The van der Waals surface area contributed by atoms with Crippen molar-refractivity contribution in [2.24, 2.45) is 0 Å². The van der Waals surface area contributed by atoms with Gasteiger partial charge >= 0.3 is 6.09 Å². The van der Waals surface area contributed by atoms with Gasteiger partial charge in [-0.1, -0.05) is 31.2 Å².